The monoisotopic (exact) mass is 352 g/mol. The van der Waals surface area contributed by atoms with Gasteiger partial charge in [0, 0.05) is 19.2 Å². The number of carbonyl (C=O) groups is 1. The first-order valence-electron chi connectivity index (χ1n) is 8.05. The first-order chi connectivity index (χ1) is 12.1. The molecular formula is C17H18F2N2O4. The van der Waals surface area contributed by atoms with Crippen molar-refractivity contribution in [3.63, 3.8) is 0 Å². The molecule has 0 aliphatic carbocycles. The van der Waals surface area contributed by atoms with Gasteiger partial charge in [-0.2, -0.15) is 0 Å². The fourth-order valence-corrected chi connectivity index (χ4v) is 2.52. The number of nitrogens with one attached hydrogen (secondary N) is 1. The molecule has 0 radical (unpaired) electrons. The van der Waals surface area contributed by atoms with Gasteiger partial charge in [-0.1, -0.05) is 11.2 Å². The van der Waals surface area contributed by atoms with E-state index in [4.69, 9.17) is 14.0 Å². The molecule has 1 aromatic heterocycles. The Morgan fingerprint density at radius 1 is 1.32 bits per heavy atom. The number of aromatic nitrogens is 1. The molecule has 1 amide bonds. The normalized spacial score (nSPS) is 17.3. The molecule has 1 aromatic carbocycles. The Morgan fingerprint density at radius 2 is 2.12 bits per heavy atom. The van der Waals surface area contributed by atoms with Crippen LogP contribution < -0.4 is 10.1 Å². The Balaban J connectivity index is 1.52. The molecule has 6 nitrogen and oxygen atoms in total. The topological polar surface area (TPSA) is 73.6 Å². The molecule has 1 atom stereocenters. The summed E-state index contributed by atoms with van der Waals surface area (Å²) in [7, 11) is 0. The van der Waals surface area contributed by atoms with Crippen molar-refractivity contribution < 1.29 is 27.6 Å². The van der Waals surface area contributed by atoms with E-state index in [1.807, 2.05) is 0 Å². The van der Waals surface area contributed by atoms with E-state index in [-0.39, 0.29) is 24.2 Å². The van der Waals surface area contributed by atoms with Gasteiger partial charge in [-0.3, -0.25) is 4.79 Å². The van der Waals surface area contributed by atoms with E-state index in [1.54, 1.807) is 0 Å². The zero-order valence-electron chi connectivity index (χ0n) is 13.5. The molecule has 1 N–H and O–H groups in total. The number of halogens is 2. The molecule has 8 heteroatoms. The second kappa shape index (κ2) is 8.06. The fourth-order valence-electron chi connectivity index (χ4n) is 2.52. The lowest BCUT2D eigenvalue weighted by Crippen LogP contribution is -2.35. The number of carbonyl (C=O) groups excluding carboxylic acids is 1. The molecule has 1 fully saturated rings. The second-order valence-electron chi connectivity index (χ2n) is 5.72. The average Bonchev–Trinajstić information content (AvgIpc) is 3.09. The smallest absolute Gasteiger partial charge is 0.273 e. The molecule has 1 unspecified atom stereocenters. The number of hydrogen-bond donors (Lipinski definition) is 1. The lowest BCUT2D eigenvalue weighted by atomic mass is 10.1. The summed E-state index contributed by atoms with van der Waals surface area (Å²) in [5.74, 6) is -2.35. The zero-order chi connectivity index (χ0) is 17.6. The molecule has 2 heterocycles. The van der Waals surface area contributed by atoms with Crippen LogP contribution in [0.4, 0.5) is 8.78 Å². The lowest BCUT2D eigenvalue weighted by molar-refractivity contribution is 0.0168. The van der Waals surface area contributed by atoms with E-state index >= 15 is 0 Å². The van der Waals surface area contributed by atoms with Crippen molar-refractivity contribution in [3.8, 4) is 5.75 Å². The third kappa shape index (κ3) is 4.54. The van der Waals surface area contributed by atoms with Crippen molar-refractivity contribution in [2.24, 2.45) is 0 Å². The van der Waals surface area contributed by atoms with Gasteiger partial charge >= 0.3 is 0 Å². The number of rotatable bonds is 6. The molecule has 1 aliphatic rings. The van der Waals surface area contributed by atoms with Crippen molar-refractivity contribution in [2.75, 3.05) is 13.2 Å². The zero-order valence-corrected chi connectivity index (χ0v) is 13.5. The summed E-state index contributed by atoms with van der Waals surface area (Å²) in [6, 6.07) is 4.79. The minimum absolute atomic E-state index is 0.0106. The molecule has 1 aliphatic heterocycles. The predicted octanol–water partition coefficient (Wildman–Crippen LogP) is 2.83. The van der Waals surface area contributed by atoms with E-state index in [2.05, 4.69) is 10.5 Å². The molecule has 1 saturated heterocycles. The SMILES string of the molecule is O=C(NCC1CCCCO1)c1cc(COc2c(F)cccc2F)on1. The van der Waals surface area contributed by atoms with Crippen LogP contribution in [0.25, 0.3) is 0 Å². The summed E-state index contributed by atoms with van der Waals surface area (Å²) < 4.78 is 42.5. The Labute approximate surface area is 143 Å². The van der Waals surface area contributed by atoms with Crippen LogP contribution >= 0.6 is 0 Å². The van der Waals surface area contributed by atoms with Gasteiger partial charge in [0.05, 0.1) is 6.10 Å². The maximum atomic E-state index is 13.5. The van der Waals surface area contributed by atoms with E-state index in [0.29, 0.717) is 13.2 Å². The highest BCUT2D eigenvalue weighted by Gasteiger charge is 2.18. The van der Waals surface area contributed by atoms with Gasteiger partial charge in [0.25, 0.3) is 5.91 Å². The third-order valence-corrected chi connectivity index (χ3v) is 3.83. The Kier molecular flexibility index (Phi) is 5.60. The van der Waals surface area contributed by atoms with E-state index in [0.717, 1.165) is 31.4 Å². The minimum atomic E-state index is -0.815. The number of ether oxygens (including phenoxy) is 2. The van der Waals surface area contributed by atoms with Gasteiger partial charge < -0.3 is 19.3 Å². The van der Waals surface area contributed by atoms with Crippen LogP contribution in [0.2, 0.25) is 0 Å². The summed E-state index contributed by atoms with van der Waals surface area (Å²) >= 11 is 0. The molecule has 25 heavy (non-hydrogen) atoms. The number of para-hydroxylation sites is 1. The van der Waals surface area contributed by atoms with Crippen LogP contribution in [0.15, 0.2) is 28.8 Å². The highest BCUT2D eigenvalue weighted by atomic mass is 19.1. The van der Waals surface area contributed by atoms with E-state index < -0.39 is 23.3 Å². The summed E-state index contributed by atoms with van der Waals surface area (Å²) in [4.78, 5) is 12.0. The second-order valence-corrected chi connectivity index (χ2v) is 5.72. The highest BCUT2D eigenvalue weighted by molar-refractivity contribution is 5.92. The number of amides is 1. The molecule has 3 rings (SSSR count). The van der Waals surface area contributed by atoms with Crippen LogP contribution in [0.5, 0.6) is 5.75 Å². The van der Waals surface area contributed by atoms with Crippen molar-refractivity contribution in [3.05, 3.63) is 47.4 Å². The maximum absolute atomic E-state index is 13.5. The highest BCUT2D eigenvalue weighted by Crippen LogP contribution is 2.22. The Bertz CT molecular complexity index is 709. The Hall–Kier alpha value is -2.48. The molecule has 0 spiro atoms. The van der Waals surface area contributed by atoms with Crippen molar-refractivity contribution in [1.29, 1.82) is 0 Å². The number of hydrogen-bond acceptors (Lipinski definition) is 5. The van der Waals surface area contributed by atoms with Crippen molar-refractivity contribution >= 4 is 5.91 Å². The predicted molar refractivity (Wildman–Crippen MR) is 83.1 cm³/mol. The van der Waals surface area contributed by atoms with Crippen LogP contribution in [-0.2, 0) is 11.3 Å². The third-order valence-electron chi connectivity index (χ3n) is 3.83. The summed E-state index contributed by atoms with van der Waals surface area (Å²) in [5, 5.41) is 6.37. The van der Waals surface area contributed by atoms with Gasteiger partial charge in [-0.15, -0.1) is 0 Å². The standard InChI is InChI=1S/C17H18F2N2O4/c18-13-5-3-6-14(19)16(13)24-10-12-8-15(21-25-12)17(22)20-9-11-4-1-2-7-23-11/h3,5-6,8,11H,1-2,4,7,9-10H2,(H,20,22). The quantitative estimate of drug-likeness (QED) is 0.865. The van der Waals surface area contributed by atoms with E-state index in [9.17, 15) is 13.6 Å². The van der Waals surface area contributed by atoms with Crippen LogP contribution in [0.1, 0.15) is 35.5 Å². The van der Waals surface area contributed by atoms with Crippen LogP contribution in [0, 0.1) is 11.6 Å². The summed E-state index contributed by atoms with van der Waals surface area (Å²) in [5.41, 5.74) is 0.0726. The summed E-state index contributed by atoms with van der Waals surface area (Å²) in [6.07, 6.45) is 3.04. The van der Waals surface area contributed by atoms with Crippen molar-refractivity contribution in [1.82, 2.24) is 10.5 Å². The molecule has 2 aromatic rings. The van der Waals surface area contributed by atoms with Crippen LogP contribution in [0.3, 0.4) is 0 Å². The first kappa shape index (κ1) is 17.3. The van der Waals surface area contributed by atoms with Gasteiger partial charge in [0.15, 0.2) is 28.8 Å². The van der Waals surface area contributed by atoms with Gasteiger partial charge in [0.2, 0.25) is 0 Å². The van der Waals surface area contributed by atoms with E-state index in [1.165, 1.54) is 12.1 Å². The fraction of sp³-hybridized carbons (Fsp3) is 0.412. The lowest BCUT2D eigenvalue weighted by Gasteiger charge is -2.22. The average molecular weight is 352 g/mol. The molecule has 0 bridgehead atoms. The number of nitrogens with zero attached hydrogens (tertiary/aromatic N) is 1. The molecular weight excluding hydrogens is 334 g/mol. The van der Waals surface area contributed by atoms with Crippen molar-refractivity contribution in [2.45, 2.75) is 32.0 Å². The van der Waals surface area contributed by atoms with Gasteiger partial charge in [-0.05, 0) is 31.4 Å². The first-order valence-corrected chi connectivity index (χ1v) is 8.05. The van der Waals surface area contributed by atoms with Crippen LogP contribution in [-0.4, -0.2) is 30.3 Å². The van der Waals surface area contributed by atoms with Gasteiger partial charge in [-0.25, -0.2) is 8.78 Å². The molecule has 0 saturated carbocycles. The minimum Gasteiger partial charge on any atom is -0.479 e. The largest absolute Gasteiger partial charge is 0.479 e. The number of benzene rings is 1. The maximum Gasteiger partial charge on any atom is 0.273 e. The van der Waals surface area contributed by atoms with Gasteiger partial charge in [0.1, 0.15) is 6.61 Å². The Morgan fingerprint density at radius 3 is 2.84 bits per heavy atom. The summed E-state index contributed by atoms with van der Waals surface area (Å²) in [6.45, 7) is 0.862. The molecule has 134 valence electrons.